The molecular formula is C18H16ClN3OS. The number of nitrogens with zero attached hydrogens (tertiary/aromatic N) is 2. The summed E-state index contributed by atoms with van der Waals surface area (Å²) in [6.45, 7) is 3.95. The Morgan fingerprint density at radius 3 is 2.46 bits per heavy atom. The largest absolute Gasteiger partial charge is 0.345 e. The molecule has 0 saturated carbocycles. The second-order valence-electron chi connectivity index (χ2n) is 5.56. The Hall–Kier alpha value is -2.24. The topological polar surface area (TPSA) is 54.9 Å². The van der Waals surface area contributed by atoms with Crippen molar-refractivity contribution < 1.29 is 4.79 Å². The van der Waals surface area contributed by atoms with E-state index >= 15 is 0 Å². The van der Waals surface area contributed by atoms with Crippen LogP contribution in [0.5, 0.6) is 0 Å². The molecule has 3 aromatic rings. The fourth-order valence-electron chi connectivity index (χ4n) is 2.34. The molecule has 0 aliphatic carbocycles. The van der Waals surface area contributed by atoms with Crippen LogP contribution < -0.4 is 5.32 Å². The summed E-state index contributed by atoms with van der Waals surface area (Å²) in [4.78, 5) is 13.1. The molecule has 1 amide bonds. The third-order valence-corrected chi connectivity index (χ3v) is 4.71. The Labute approximate surface area is 149 Å². The van der Waals surface area contributed by atoms with E-state index in [0.717, 1.165) is 28.2 Å². The number of nitrogens with one attached hydrogen (secondary N) is 1. The number of hydrogen-bond donors (Lipinski definition) is 1. The second-order valence-corrected chi connectivity index (χ2v) is 6.75. The third-order valence-electron chi connectivity index (χ3n) is 3.74. The molecule has 6 heteroatoms. The smallest absolute Gasteiger partial charge is 0.265 e. The number of aryl methyl sites for hydroxylation is 1. The van der Waals surface area contributed by atoms with E-state index in [0.29, 0.717) is 15.6 Å². The third kappa shape index (κ3) is 3.63. The van der Waals surface area contributed by atoms with Gasteiger partial charge in [0.2, 0.25) is 0 Å². The minimum absolute atomic E-state index is 0.136. The van der Waals surface area contributed by atoms with Crippen LogP contribution in [0.25, 0.3) is 11.3 Å². The molecule has 0 fully saturated rings. The van der Waals surface area contributed by atoms with E-state index in [1.807, 2.05) is 62.4 Å². The predicted octanol–water partition coefficient (Wildman–Crippen LogP) is 4.66. The van der Waals surface area contributed by atoms with Crippen LogP contribution in [0.3, 0.4) is 0 Å². The van der Waals surface area contributed by atoms with Crippen LogP contribution in [0.2, 0.25) is 5.02 Å². The van der Waals surface area contributed by atoms with Gasteiger partial charge in [-0.3, -0.25) is 4.79 Å². The minimum atomic E-state index is -0.178. The molecule has 0 aliphatic rings. The van der Waals surface area contributed by atoms with Gasteiger partial charge in [0.1, 0.15) is 10.6 Å². The van der Waals surface area contributed by atoms with Crippen LogP contribution >= 0.6 is 23.1 Å². The first-order valence-electron chi connectivity index (χ1n) is 7.50. The van der Waals surface area contributed by atoms with Gasteiger partial charge in [-0.15, -0.1) is 5.10 Å². The molecule has 122 valence electrons. The first kappa shape index (κ1) is 16.6. The molecule has 1 N–H and O–H groups in total. The van der Waals surface area contributed by atoms with Crippen molar-refractivity contribution in [1.82, 2.24) is 14.9 Å². The number of aromatic nitrogens is 2. The maximum Gasteiger partial charge on any atom is 0.265 e. The van der Waals surface area contributed by atoms with E-state index in [4.69, 9.17) is 11.6 Å². The molecule has 0 aliphatic heterocycles. The van der Waals surface area contributed by atoms with Crippen molar-refractivity contribution in [1.29, 1.82) is 0 Å². The average Bonchev–Trinajstić information content (AvgIpc) is 3.06. The lowest BCUT2D eigenvalue weighted by Gasteiger charge is -2.14. The van der Waals surface area contributed by atoms with Crippen molar-refractivity contribution in [3.63, 3.8) is 0 Å². The molecule has 0 unspecified atom stereocenters. The van der Waals surface area contributed by atoms with Crippen molar-refractivity contribution >= 4 is 29.0 Å². The molecule has 1 atom stereocenters. The molecule has 4 nitrogen and oxygen atoms in total. The lowest BCUT2D eigenvalue weighted by molar-refractivity contribution is 0.0944. The molecule has 0 bridgehead atoms. The standard InChI is InChI=1S/C18H16ClN3OS/c1-11-3-5-14(6-4-11)16-17(24-22-21-16)18(23)20-12(2)13-7-9-15(19)10-8-13/h3-10,12H,1-2H3,(H,20,23)/t12-/m0/s1. The second kappa shape index (κ2) is 7.11. The Balaban J connectivity index is 1.80. The van der Waals surface area contributed by atoms with E-state index in [-0.39, 0.29) is 11.9 Å². The predicted molar refractivity (Wildman–Crippen MR) is 97.4 cm³/mol. The normalized spacial score (nSPS) is 12.0. The first-order valence-corrected chi connectivity index (χ1v) is 8.65. The van der Waals surface area contributed by atoms with E-state index in [9.17, 15) is 4.79 Å². The molecular weight excluding hydrogens is 342 g/mol. The van der Waals surface area contributed by atoms with Gasteiger partial charge in [-0.2, -0.15) is 0 Å². The molecule has 24 heavy (non-hydrogen) atoms. The van der Waals surface area contributed by atoms with Crippen molar-refractivity contribution in [2.75, 3.05) is 0 Å². The molecule has 0 spiro atoms. The van der Waals surface area contributed by atoms with Crippen LogP contribution in [0.15, 0.2) is 48.5 Å². The Bertz CT molecular complexity index is 843. The number of halogens is 1. The van der Waals surface area contributed by atoms with Gasteiger partial charge in [0.25, 0.3) is 5.91 Å². The van der Waals surface area contributed by atoms with Crippen LogP contribution in [-0.2, 0) is 0 Å². The summed E-state index contributed by atoms with van der Waals surface area (Å²) in [7, 11) is 0. The van der Waals surface area contributed by atoms with Gasteiger partial charge >= 0.3 is 0 Å². The quantitative estimate of drug-likeness (QED) is 0.738. The Morgan fingerprint density at radius 1 is 1.12 bits per heavy atom. The van der Waals surface area contributed by atoms with Crippen molar-refractivity contribution in [2.45, 2.75) is 19.9 Å². The number of carbonyl (C=O) groups excluding carboxylic acids is 1. The SMILES string of the molecule is Cc1ccc(-c2nnsc2C(=O)N[C@@H](C)c2ccc(Cl)cc2)cc1. The van der Waals surface area contributed by atoms with Crippen LogP contribution in [0, 0.1) is 6.92 Å². The monoisotopic (exact) mass is 357 g/mol. The molecule has 2 aromatic carbocycles. The van der Waals surface area contributed by atoms with Gasteiger partial charge in [-0.05, 0) is 43.1 Å². The van der Waals surface area contributed by atoms with Crippen molar-refractivity contribution in [2.24, 2.45) is 0 Å². The summed E-state index contributed by atoms with van der Waals surface area (Å²) in [5.41, 5.74) is 3.64. The molecule has 0 radical (unpaired) electrons. The highest BCUT2D eigenvalue weighted by Gasteiger charge is 2.19. The summed E-state index contributed by atoms with van der Waals surface area (Å²) in [6, 6.07) is 15.2. The zero-order valence-corrected chi connectivity index (χ0v) is 14.9. The van der Waals surface area contributed by atoms with Crippen molar-refractivity contribution in [3.8, 4) is 11.3 Å². The lowest BCUT2D eigenvalue weighted by Crippen LogP contribution is -2.26. The lowest BCUT2D eigenvalue weighted by atomic mass is 10.1. The van der Waals surface area contributed by atoms with E-state index in [2.05, 4.69) is 14.9 Å². The highest BCUT2D eigenvalue weighted by atomic mass is 35.5. The molecule has 1 heterocycles. The summed E-state index contributed by atoms with van der Waals surface area (Å²) >= 11 is 7.00. The average molecular weight is 358 g/mol. The summed E-state index contributed by atoms with van der Waals surface area (Å²) in [5, 5.41) is 7.78. The minimum Gasteiger partial charge on any atom is -0.345 e. The highest BCUT2D eigenvalue weighted by Crippen LogP contribution is 2.25. The van der Waals surface area contributed by atoms with Gasteiger partial charge in [-0.1, -0.05) is 58.1 Å². The van der Waals surface area contributed by atoms with E-state index in [1.54, 1.807) is 0 Å². The Kier molecular flexibility index (Phi) is 4.92. The highest BCUT2D eigenvalue weighted by molar-refractivity contribution is 7.08. The van der Waals surface area contributed by atoms with Crippen LogP contribution in [-0.4, -0.2) is 15.5 Å². The Morgan fingerprint density at radius 2 is 1.79 bits per heavy atom. The molecule has 1 aromatic heterocycles. The summed E-state index contributed by atoms with van der Waals surface area (Å²) in [5.74, 6) is -0.178. The van der Waals surface area contributed by atoms with Gasteiger partial charge < -0.3 is 5.32 Å². The summed E-state index contributed by atoms with van der Waals surface area (Å²) < 4.78 is 3.95. The number of rotatable bonds is 4. The first-order chi connectivity index (χ1) is 11.5. The van der Waals surface area contributed by atoms with Crippen LogP contribution in [0.4, 0.5) is 0 Å². The number of benzene rings is 2. The van der Waals surface area contributed by atoms with E-state index in [1.165, 1.54) is 0 Å². The fraction of sp³-hybridized carbons (Fsp3) is 0.167. The van der Waals surface area contributed by atoms with Gasteiger partial charge in [-0.25, -0.2) is 0 Å². The zero-order chi connectivity index (χ0) is 17.1. The number of carbonyl (C=O) groups is 1. The maximum atomic E-state index is 12.6. The van der Waals surface area contributed by atoms with E-state index < -0.39 is 0 Å². The van der Waals surface area contributed by atoms with Gasteiger partial charge in [0.15, 0.2) is 0 Å². The fourth-order valence-corrected chi connectivity index (χ4v) is 3.05. The van der Waals surface area contributed by atoms with Gasteiger partial charge in [0, 0.05) is 10.6 Å². The number of hydrogen-bond acceptors (Lipinski definition) is 4. The maximum absolute atomic E-state index is 12.6. The van der Waals surface area contributed by atoms with Crippen LogP contribution in [0.1, 0.15) is 33.8 Å². The molecule has 0 saturated heterocycles. The number of amides is 1. The summed E-state index contributed by atoms with van der Waals surface area (Å²) in [6.07, 6.45) is 0. The van der Waals surface area contributed by atoms with Gasteiger partial charge in [0.05, 0.1) is 6.04 Å². The zero-order valence-electron chi connectivity index (χ0n) is 13.3. The van der Waals surface area contributed by atoms with Crippen molar-refractivity contribution in [3.05, 3.63) is 69.6 Å². The molecule has 3 rings (SSSR count).